The first-order valence-electron chi connectivity index (χ1n) is 8.41. The Hall–Kier alpha value is -2.08. The molecule has 134 valence electrons. The second-order valence-corrected chi connectivity index (χ2v) is 7.63. The minimum atomic E-state index is -0.704. The molecule has 2 saturated heterocycles. The molecule has 3 rings (SSSR count). The molecule has 3 amide bonds. The van der Waals surface area contributed by atoms with E-state index in [1.54, 1.807) is 18.7 Å². The predicted molar refractivity (Wildman–Crippen MR) is 95.4 cm³/mol. The molecule has 0 unspecified atom stereocenters. The smallest absolute Gasteiger partial charge is 0.242 e. The number of nitrogens with zero attached hydrogens (tertiary/aromatic N) is 3. The molecule has 0 spiro atoms. The van der Waals surface area contributed by atoms with Crippen molar-refractivity contribution in [3.8, 4) is 0 Å². The normalized spacial score (nSPS) is 20.4. The van der Waals surface area contributed by atoms with Gasteiger partial charge in [0.05, 0.1) is 5.41 Å². The molecule has 0 radical (unpaired) electrons. The van der Waals surface area contributed by atoms with Gasteiger partial charge in [0.15, 0.2) is 0 Å². The number of halogens is 1. The van der Waals surface area contributed by atoms with Gasteiger partial charge in [0.2, 0.25) is 17.7 Å². The fourth-order valence-corrected chi connectivity index (χ4v) is 3.41. The van der Waals surface area contributed by atoms with E-state index in [1.165, 1.54) is 0 Å². The van der Waals surface area contributed by atoms with E-state index in [4.69, 9.17) is 11.6 Å². The van der Waals surface area contributed by atoms with Crippen LogP contribution in [0.3, 0.4) is 0 Å². The highest BCUT2D eigenvalue weighted by Gasteiger charge is 2.45. The number of imide groups is 1. The maximum absolute atomic E-state index is 12.5. The Morgan fingerprint density at radius 1 is 1.08 bits per heavy atom. The van der Waals surface area contributed by atoms with Gasteiger partial charge < -0.3 is 9.80 Å². The molecule has 2 aliphatic heterocycles. The number of piperazine rings is 1. The van der Waals surface area contributed by atoms with Gasteiger partial charge in [-0.25, -0.2) is 0 Å². The second kappa shape index (κ2) is 6.67. The van der Waals surface area contributed by atoms with Gasteiger partial charge in [-0.15, -0.1) is 0 Å². The zero-order valence-electron chi connectivity index (χ0n) is 14.5. The van der Waals surface area contributed by atoms with E-state index in [9.17, 15) is 14.4 Å². The van der Waals surface area contributed by atoms with Crippen molar-refractivity contribution in [2.24, 2.45) is 5.41 Å². The van der Waals surface area contributed by atoms with Gasteiger partial charge in [0, 0.05) is 43.3 Å². The average Bonchev–Trinajstić information content (AvgIpc) is 2.77. The summed E-state index contributed by atoms with van der Waals surface area (Å²) >= 11 is 5.91. The Morgan fingerprint density at radius 3 is 2.20 bits per heavy atom. The van der Waals surface area contributed by atoms with Crippen LogP contribution in [0.4, 0.5) is 5.69 Å². The quantitative estimate of drug-likeness (QED) is 0.768. The highest BCUT2D eigenvalue weighted by Crippen LogP contribution is 2.31. The Labute approximate surface area is 152 Å². The molecule has 7 heteroatoms. The summed E-state index contributed by atoms with van der Waals surface area (Å²) in [5, 5.41) is 0.695. The third-order valence-electron chi connectivity index (χ3n) is 4.84. The van der Waals surface area contributed by atoms with E-state index in [2.05, 4.69) is 4.90 Å². The van der Waals surface area contributed by atoms with Crippen molar-refractivity contribution in [3.05, 3.63) is 29.3 Å². The van der Waals surface area contributed by atoms with Crippen LogP contribution in [0.15, 0.2) is 24.3 Å². The highest BCUT2D eigenvalue weighted by atomic mass is 35.5. The zero-order chi connectivity index (χ0) is 18.2. The first-order valence-corrected chi connectivity index (χ1v) is 8.79. The number of likely N-dealkylation sites (tertiary alicyclic amines) is 1. The molecule has 1 aromatic carbocycles. The number of amides is 3. The maximum Gasteiger partial charge on any atom is 0.242 e. The van der Waals surface area contributed by atoms with Gasteiger partial charge in [-0.2, -0.15) is 0 Å². The van der Waals surface area contributed by atoms with E-state index in [0.717, 1.165) is 10.6 Å². The van der Waals surface area contributed by atoms with Crippen molar-refractivity contribution < 1.29 is 14.4 Å². The van der Waals surface area contributed by atoms with Crippen molar-refractivity contribution in [2.75, 3.05) is 37.6 Å². The molecule has 0 aromatic heterocycles. The predicted octanol–water partition coefficient (Wildman–Crippen LogP) is 1.77. The minimum Gasteiger partial charge on any atom is -0.368 e. The molecule has 2 heterocycles. The second-order valence-electron chi connectivity index (χ2n) is 7.19. The van der Waals surface area contributed by atoms with Crippen LogP contribution in [0.1, 0.15) is 20.3 Å². The van der Waals surface area contributed by atoms with E-state index in [1.807, 2.05) is 24.3 Å². The van der Waals surface area contributed by atoms with Crippen molar-refractivity contribution in [2.45, 2.75) is 20.3 Å². The summed E-state index contributed by atoms with van der Waals surface area (Å²) in [7, 11) is 0. The summed E-state index contributed by atoms with van der Waals surface area (Å²) in [6.45, 7) is 5.89. The van der Waals surface area contributed by atoms with Crippen LogP contribution in [-0.2, 0) is 14.4 Å². The number of carbonyl (C=O) groups excluding carboxylic acids is 3. The Balaban J connectivity index is 1.56. The van der Waals surface area contributed by atoms with E-state index in [0.29, 0.717) is 31.2 Å². The largest absolute Gasteiger partial charge is 0.368 e. The van der Waals surface area contributed by atoms with Gasteiger partial charge in [-0.05, 0) is 24.3 Å². The first kappa shape index (κ1) is 17.7. The molecular weight excluding hydrogens is 342 g/mol. The number of hydrogen-bond donors (Lipinski definition) is 0. The highest BCUT2D eigenvalue weighted by molar-refractivity contribution is 6.30. The van der Waals surface area contributed by atoms with Crippen molar-refractivity contribution in [3.63, 3.8) is 0 Å². The minimum absolute atomic E-state index is 0.151. The van der Waals surface area contributed by atoms with Gasteiger partial charge in [-0.1, -0.05) is 25.4 Å². The van der Waals surface area contributed by atoms with Crippen LogP contribution < -0.4 is 4.90 Å². The van der Waals surface area contributed by atoms with Gasteiger partial charge in [0.1, 0.15) is 6.54 Å². The molecule has 0 aliphatic carbocycles. The lowest BCUT2D eigenvalue weighted by atomic mass is 9.92. The first-order chi connectivity index (χ1) is 11.8. The van der Waals surface area contributed by atoms with E-state index in [-0.39, 0.29) is 30.7 Å². The Morgan fingerprint density at radius 2 is 1.68 bits per heavy atom. The molecular formula is C18H22ClN3O3. The summed E-state index contributed by atoms with van der Waals surface area (Å²) in [4.78, 5) is 41.7. The molecule has 0 bridgehead atoms. The molecule has 1 aromatic rings. The van der Waals surface area contributed by atoms with Crippen molar-refractivity contribution in [1.82, 2.24) is 9.80 Å². The Kier molecular flexibility index (Phi) is 4.73. The third kappa shape index (κ3) is 3.63. The van der Waals surface area contributed by atoms with E-state index < -0.39 is 5.41 Å². The lowest BCUT2D eigenvalue weighted by molar-refractivity contribution is -0.147. The average molecular weight is 364 g/mol. The molecule has 0 N–H and O–H groups in total. The van der Waals surface area contributed by atoms with Gasteiger partial charge >= 0.3 is 0 Å². The van der Waals surface area contributed by atoms with Gasteiger partial charge in [-0.3, -0.25) is 19.3 Å². The van der Waals surface area contributed by atoms with Crippen molar-refractivity contribution in [1.29, 1.82) is 0 Å². The maximum atomic E-state index is 12.5. The number of benzene rings is 1. The summed E-state index contributed by atoms with van der Waals surface area (Å²) < 4.78 is 0. The summed E-state index contributed by atoms with van der Waals surface area (Å²) in [5.41, 5.74) is 0.369. The van der Waals surface area contributed by atoms with Crippen molar-refractivity contribution >= 4 is 35.0 Å². The molecule has 2 aliphatic rings. The Bertz CT molecular complexity index is 694. The molecule has 6 nitrogen and oxygen atoms in total. The number of carbonyl (C=O) groups is 3. The standard InChI is InChI=1S/C18H22ClN3O3/c1-18(2)11-15(23)22(17(18)25)12-16(24)21-9-7-20(8-10-21)14-5-3-13(19)4-6-14/h3-6H,7-12H2,1-2H3. The van der Waals surface area contributed by atoms with Crippen LogP contribution in [0.2, 0.25) is 5.02 Å². The summed E-state index contributed by atoms with van der Waals surface area (Å²) in [6.07, 6.45) is 0.170. The molecule has 0 atom stereocenters. The number of hydrogen-bond acceptors (Lipinski definition) is 4. The summed E-state index contributed by atoms with van der Waals surface area (Å²) in [6, 6.07) is 7.62. The fourth-order valence-electron chi connectivity index (χ4n) is 3.29. The summed E-state index contributed by atoms with van der Waals surface area (Å²) in [5.74, 6) is -0.691. The lowest BCUT2D eigenvalue weighted by Gasteiger charge is -2.36. The topological polar surface area (TPSA) is 60.9 Å². The molecule has 0 saturated carbocycles. The monoisotopic (exact) mass is 363 g/mol. The number of rotatable bonds is 3. The van der Waals surface area contributed by atoms with E-state index >= 15 is 0 Å². The van der Waals surface area contributed by atoms with Crippen LogP contribution >= 0.6 is 11.6 Å². The van der Waals surface area contributed by atoms with Crippen LogP contribution in [-0.4, -0.2) is 60.2 Å². The van der Waals surface area contributed by atoms with Crippen LogP contribution in [0, 0.1) is 5.41 Å². The molecule has 25 heavy (non-hydrogen) atoms. The van der Waals surface area contributed by atoms with Crippen LogP contribution in [0.25, 0.3) is 0 Å². The molecule has 2 fully saturated rings. The fraction of sp³-hybridized carbons (Fsp3) is 0.500. The SMILES string of the molecule is CC1(C)CC(=O)N(CC(=O)N2CCN(c3ccc(Cl)cc3)CC2)C1=O. The van der Waals surface area contributed by atoms with Gasteiger partial charge in [0.25, 0.3) is 0 Å². The number of anilines is 1. The third-order valence-corrected chi connectivity index (χ3v) is 5.09. The lowest BCUT2D eigenvalue weighted by Crippen LogP contribution is -2.52. The van der Waals surface area contributed by atoms with Crippen LogP contribution in [0.5, 0.6) is 0 Å². The zero-order valence-corrected chi connectivity index (χ0v) is 15.3.